The second kappa shape index (κ2) is 6.18. The number of nitrogens with zero attached hydrogens (tertiary/aromatic N) is 2. The number of amides is 1. The molecule has 19 heavy (non-hydrogen) atoms. The highest BCUT2D eigenvalue weighted by Crippen LogP contribution is 2.19. The lowest BCUT2D eigenvalue weighted by Crippen LogP contribution is -2.32. The van der Waals surface area contributed by atoms with Crippen LogP contribution in [-0.2, 0) is 11.3 Å². The van der Waals surface area contributed by atoms with Gasteiger partial charge >= 0.3 is 0 Å². The molecule has 0 spiro atoms. The van der Waals surface area contributed by atoms with Gasteiger partial charge in [-0.3, -0.25) is 9.59 Å². The van der Waals surface area contributed by atoms with Crippen molar-refractivity contribution < 1.29 is 4.79 Å². The summed E-state index contributed by atoms with van der Waals surface area (Å²) < 4.78 is 1.81. The van der Waals surface area contributed by atoms with Crippen molar-refractivity contribution in [2.24, 2.45) is 0 Å². The molecule has 6 nitrogen and oxygen atoms in total. The van der Waals surface area contributed by atoms with E-state index < -0.39 is 0 Å². The molecule has 1 aromatic heterocycles. The summed E-state index contributed by atoms with van der Waals surface area (Å²) in [4.78, 5) is 23.5. The Labute approximate surface area is 119 Å². The molecule has 7 heteroatoms. The Balaban J connectivity index is 1.98. The smallest absolute Gasteiger partial charge is 0.283 e. The van der Waals surface area contributed by atoms with Crippen LogP contribution in [-0.4, -0.2) is 28.3 Å². The largest absolute Gasteiger partial charge is 0.374 e. The summed E-state index contributed by atoms with van der Waals surface area (Å²) in [5.41, 5.74) is 0.359. The van der Waals surface area contributed by atoms with E-state index in [1.54, 1.807) is 6.20 Å². The summed E-state index contributed by atoms with van der Waals surface area (Å²) in [5.74, 6) is -0.0628. The Morgan fingerprint density at radius 1 is 1.58 bits per heavy atom. The fraction of sp³-hybridized carbons (Fsp3) is 0.583. The van der Waals surface area contributed by atoms with Crippen LogP contribution in [0.2, 0.25) is 0 Å². The van der Waals surface area contributed by atoms with Crippen LogP contribution in [0.5, 0.6) is 0 Å². The lowest BCUT2D eigenvalue weighted by Gasteiger charge is -2.10. The fourth-order valence-corrected chi connectivity index (χ4v) is 2.09. The summed E-state index contributed by atoms with van der Waals surface area (Å²) in [5, 5.41) is 9.85. The summed E-state index contributed by atoms with van der Waals surface area (Å²) in [7, 11) is 0. The first-order valence-electron chi connectivity index (χ1n) is 6.40. The average molecular weight is 329 g/mol. The lowest BCUT2D eigenvalue weighted by atomic mass is 10.4. The number of nitrogens with one attached hydrogen (secondary N) is 2. The van der Waals surface area contributed by atoms with Crippen LogP contribution in [0.3, 0.4) is 0 Å². The van der Waals surface area contributed by atoms with E-state index in [0.29, 0.717) is 22.7 Å². The molecule has 0 saturated heterocycles. The maximum Gasteiger partial charge on any atom is 0.283 e. The zero-order valence-corrected chi connectivity index (χ0v) is 12.4. The van der Waals surface area contributed by atoms with Crippen molar-refractivity contribution >= 4 is 27.5 Å². The molecule has 104 valence electrons. The molecule has 0 aromatic carbocycles. The predicted molar refractivity (Wildman–Crippen MR) is 76.1 cm³/mol. The summed E-state index contributed by atoms with van der Waals surface area (Å²) in [6, 6.07) is 0.341. The Hall–Kier alpha value is -1.37. The van der Waals surface area contributed by atoms with Gasteiger partial charge in [0.1, 0.15) is 4.47 Å². The Bertz CT molecular complexity index is 525. The Morgan fingerprint density at radius 3 is 2.95 bits per heavy atom. The molecule has 0 atom stereocenters. The third kappa shape index (κ3) is 3.79. The average Bonchev–Trinajstić information content (AvgIpc) is 3.18. The molecule has 1 fully saturated rings. The fourth-order valence-electron chi connectivity index (χ4n) is 1.64. The number of carbonyl (C=O) groups is 1. The number of hydrogen-bond donors (Lipinski definition) is 2. The first-order valence-corrected chi connectivity index (χ1v) is 7.20. The normalized spacial score (nSPS) is 14.2. The van der Waals surface area contributed by atoms with E-state index in [9.17, 15) is 9.59 Å². The molecule has 2 rings (SSSR count). The number of anilines is 1. The van der Waals surface area contributed by atoms with Gasteiger partial charge < -0.3 is 10.6 Å². The zero-order chi connectivity index (χ0) is 13.8. The van der Waals surface area contributed by atoms with Crippen molar-refractivity contribution in [2.45, 2.75) is 38.8 Å². The van der Waals surface area contributed by atoms with Gasteiger partial charge in [0, 0.05) is 12.6 Å². The van der Waals surface area contributed by atoms with Gasteiger partial charge in [0.15, 0.2) is 0 Å². The van der Waals surface area contributed by atoms with Crippen molar-refractivity contribution in [1.29, 1.82) is 0 Å². The number of aromatic nitrogens is 2. The molecule has 1 aromatic rings. The maximum absolute atomic E-state index is 11.9. The highest BCUT2D eigenvalue weighted by molar-refractivity contribution is 9.10. The molecule has 1 saturated carbocycles. The predicted octanol–water partition coefficient (Wildman–Crippen LogP) is 1.11. The monoisotopic (exact) mass is 328 g/mol. The molecule has 0 radical (unpaired) electrons. The van der Waals surface area contributed by atoms with Crippen molar-refractivity contribution in [3.63, 3.8) is 0 Å². The van der Waals surface area contributed by atoms with Crippen molar-refractivity contribution in [3.05, 3.63) is 21.0 Å². The SMILES string of the molecule is CCCn1ncc(NCC(=O)NC2CC2)c(Br)c1=O. The van der Waals surface area contributed by atoms with Crippen LogP contribution in [0.15, 0.2) is 15.5 Å². The molecule has 1 amide bonds. The van der Waals surface area contributed by atoms with Crippen LogP contribution in [0.4, 0.5) is 5.69 Å². The van der Waals surface area contributed by atoms with E-state index in [1.807, 2.05) is 6.92 Å². The van der Waals surface area contributed by atoms with E-state index >= 15 is 0 Å². The highest BCUT2D eigenvalue weighted by atomic mass is 79.9. The van der Waals surface area contributed by atoms with Gasteiger partial charge in [0.05, 0.1) is 18.4 Å². The van der Waals surface area contributed by atoms with Gasteiger partial charge in [-0.2, -0.15) is 5.10 Å². The van der Waals surface area contributed by atoms with E-state index in [4.69, 9.17) is 0 Å². The molecule has 0 unspecified atom stereocenters. The van der Waals surface area contributed by atoms with Gasteiger partial charge in [0.2, 0.25) is 5.91 Å². The van der Waals surface area contributed by atoms with Crippen LogP contribution >= 0.6 is 15.9 Å². The summed E-state index contributed by atoms with van der Waals surface area (Å²) in [6.07, 6.45) is 4.52. The molecule has 2 N–H and O–H groups in total. The molecule has 0 bridgehead atoms. The topological polar surface area (TPSA) is 76.0 Å². The third-order valence-electron chi connectivity index (χ3n) is 2.80. The summed E-state index contributed by atoms with van der Waals surface area (Å²) >= 11 is 3.25. The van der Waals surface area contributed by atoms with E-state index in [2.05, 4.69) is 31.7 Å². The molecular formula is C12H17BrN4O2. The van der Waals surface area contributed by atoms with E-state index in [0.717, 1.165) is 19.3 Å². The highest BCUT2D eigenvalue weighted by Gasteiger charge is 2.23. The molecule has 0 aliphatic heterocycles. The molecule has 1 aliphatic carbocycles. The second-order valence-electron chi connectivity index (χ2n) is 4.60. The first-order chi connectivity index (χ1) is 9.11. The minimum absolute atomic E-state index is 0.0628. The van der Waals surface area contributed by atoms with Crippen LogP contribution in [0.1, 0.15) is 26.2 Å². The van der Waals surface area contributed by atoms with Crippen LogP contribution in [0, 0.1) is 0 Å². The van der Waals surface area contributed by atoms with Gasteiger partial charge in [-0.15, -0.1) is 0 Å². The number of hydrogen-bond acceptors (Lipinski definition) is 4. The van der Waals surface area contributed by atoms with Gasteiger partial charge in [-0.25, -0.2) is 4.68 Å². The minimum atomic E-state index is -0.186. The number of carbonyl (C=O) groups excluding carboxylic acids is 1. The number of aryl methyl sites for hydroxylation is 1. The third-order valence-corrected chi connectivity index (χ3v) is 3.57. The van der Waals surface area contributed by atoms with E-state index in [1.165, 1.54) is 4.68 Å². The van der Waals surface area contributed by atoms with Crippen LogP contribution < -0.4 is 16.2 Å². The Kier molecular flexibility index (Phi) is 4.57. The quantitative estimate of drug-likeness (QED) is 0.820. The zero-order valence-electron chi connectivity index (χ0n) is 10.8. The summed E-state index contributed by atoms with van der Waals surface area (Å²) in [6.45, 7) is 2.71. The first kappa shape index (κ1) is 14.0. The molecular weight excluding hydrogens is 312 g/mol. The van der Waals surface area contributed by atoms with Gasteiger partial charge in [-0.05, 0) is 35.2 Å². The molecule has 1 aliphatic rings. The van der Waals surface area contributed by atoms with Crippen molar-refractivity contribution in [1.82, 2.24) is 15.1 Å². The maximum atomic E-state index is 11.9. The van der Waals surface area contributed by atoms with Crippen molar-refractivity contribution in [2.75, 3.05) is 11.9 Å². The number of rotatable bonds is 6. The van der Waals surface area contributed by atoms with Crippen LogP contribution in [0.25, 0.3) is 0 Å². The van der Waals surface area contributed by atoms with Gasteiger partial charge in [0.25, 0.3) is 5.56 Å². The number of halogens is 1. The second-order valence-corrected chi connectivity index (χ2v) is 5.39. The van der Waals surface area contributed by atoms with Crippen molar-refractivity contribution in [3.8, 4) is 0 Å². The Morgan fingerprint density at radius 2 is 2.32 bits per heavy atom. The molecule has 1 heterocycles. The van der Waals surface area contributed by atoms with E-state index in [-0.39, 0.29) is 18.0 Å². The minimum Gasteiger partial charge on any atom is -0.374 e. The standard InChI is InChI=1S/C12H17BrN4O2/c1-2-5-17-12(19)11(13)9(6-15-17)14-7-10(18)16-8-3-4-8/h6,8,14H,2-5,7H2,1H3,(H,16,18). The van der Waals surface area contributed by atoms with Gasteiger partial charge in [-0.1, -0.05) is 6.92 Å². The lowest BCUT2D eigenvalue weighted by molar-refractivity contribution is -0.119.